The molecule has 29 heavy (non-hydrogen) atoms. The second-order valence-electron chi connectivity index (χ2n) is 6.47. The third kappa shape index (κ3) is 12.4. The predicted molar refractivity (Wildman–Crippen MR) is 115 cm³/mol. The first-order chi connectivity index (χ1) is 13.9. The van der Waals surface area contributed by atoms with Gasteiger partial charge in [0.15, 0.2) is 12.1 Å². The van der Waals surface area contributed by atoms with E-state index in [-0.39, 0.29) is 6.29 Å². The van der Waals surface area contributed by atoms with Crippen LogP contribution in [0.3, 0.4) is 0 Å². The molecule has 1 heterocycles. The van der Waals surface area contributed by atoms with E-state index < -0.39 is 4.92 Å². The lowest BCUT2D eigenvalue weighted by Gasteiger charge is -2.18. The fourth-order valence-electron chi connectivity index (χ4n) is 2.50. The predicted octanol–water partition coefficient (Wildman–Crippen LogP) is 2.62. The van der Waals surface area contributed by atoms with Crippen molar-refractivity contribution in [1.29, 1.82) is 0 Å². The maximum atomic E-state index is 10.8. The molecule has 1 rings (SSSR count). The SMILES string of the molecule is CCOC(CCN/C(=C\[N+](=O)[O-])NCCSCc1ccc(CN(C)C)o1)OCC. The first kappa shape index (κ1) is 25.3. The van der Waals surface area contributed by atoms with Gasteiger partial charge in [-0.3, -0.25) is 10.1 Å². The smallest absolute Gasteiger partial charge is 0.274 e. The monoisotopic (exact) mass is 430 g/mol. The fourth-order valence-corrected chi connectivity index (χ4v) is 3.24. The average molecular weight is 431 g/mol. The quantitative estimate of drug-likeness (QED) is 0.167. The summed E-state index contributed by atoms with van der Waals surface area (Å²) in [4.78, 5) is 12.4. The molecule has 0 saturated heterocycles. The van der Waals surface area contributed by atoms with Crippen LogP contribution in [0.15, 0.2) is 28.6 Å². The van der Waals surface area contributed by atoms with Crippen LogP contribution in [0.5, 0.6) is 0 Å². The van der Waals surface area contributed by atoms with E-state index in [1.165, 1.54) is 0 Å². The number of ether oxygens (including phenoxy) is 2. The Kier molecular flexibility index (Phi) is 13.2. The molecule has 0 aliphatic carbocycles. The van der Waals surface area contributed by atoms with Crippen molar-refractivity contribution in [3.8, 4) is 0 Å². The fraction of sp³-hybridized carbons (Fsp3) is 0.684. The Bertz CT molecular complexity index is 603. The van der Waals surface area contributed by atoms with Crippen LogP contribution < -0.4 is 10.6 Å². The van der Waals surface area contributed by atoms with E-state index in [4.69, 9.17) is 13.9 Å². The lowest BCUT2D eigenvalue weighted by atomic mass is 10.4. The van der Waals surface area contributed by atoms with Gasteiger partial charge in [-0.05, 0) is 40.1 Å². The zero-order chi connectivity index (χ0) is 21.5. The van der Waals surface area contributed by atoms with Crippen molar-refractivity contribution < 1.29 is 18.8 Å². The molecule has 0 aromatic carbocycles. The third-order valence-corrected chi connectivity index (χ3v) is 4.61. The molecule has 0 aliphatic rings. The Morgan fingerprint density at radius 3 is 2.52 bits per heavy atom. The van der Waals surface area contributed by atoms with Crippen molar-refractivity contribution in [2.24, 2.45) is 0 Å². The molecule has 0 unspecified atom stereocenters. The average Bonchev–Trinajstić information content (AvgIpc) is 3.07. The molecule has 0 radical (unpaired) electrons. The Balaban J connectivity index is 2.31. The molecule has 1 aromatic rings. The molecule has 166 valence electrons. The minimum atomic E-state index is -0.472. The number of nitrogens with one attached hydrogen (secondary N) is 2. The van der Waals surface area contributed by atoms with E-state index >= 15 is 0 Å². The zero-order valence-electron chi connectivity index (χ0n) is 17.8. The maximum absolute atomic E-state index is 10.8. The van der Waals surface area contributed by atoms with Crippen LogP contribution in [0, 0.1) is 10.1 Å². The Morgan fingerprint density at radius 2 is 1.90 bits per heavy atom. The molecule has 9 nitrogen and oxygen atoms in total. The van der Waals surface area contributed by atoms with Crippen LogP contribution in [-0.2, 0) is 21.8 Å². The standard InChI is InChI=1S/C19H34N4O5S/c1-5-26-19(27-6-2)9-10-20-18(14-23(24)25)21-11-12-29-15-17-8-7-16(28-17)13-22(3)4/h7-8,14,19-21H,5-6,9-13,15H2,1-4H3/b18-14+. The Labute approximate surface area is 177 Å². The summed E-state index contributed by atoms with van der Waals surface area (Å²) in [6.45, 7) is 6.81. The summed E-state index contributed by atoms with van der Waals surface area (Å²) in [6.07, 6.45) is 1.23. The lowest BCUT2D eigenvalue weighted by Crippen LogP contribution is -2.32. The maximum Gasteiger partial charge on any atom is 0.274 e. The van der Waals surface area contributed by atoms with Gasteiger partial charge in [-0.25, -0.2) is 0 Å². The molecule has 2 N–H and O–H groups in total. The molecule has 0 saturated carbocycles. The summed E-state index contributed by atoms with van der Waals surface area (Å²) >= 11 is 1.71. The van der Waals surface area contributed by atoms with E-state index in [2.05, 4.69) is 15.5 Å². The van der Waals surface area contributed by atoms with Gasteiger partial charge in [-0.15, -0.1) is 0 Å². The van der Waals surface area contributed by atoms with Gasteiger partial charge in [-0.2, -0.15) is 11.8 Å². The Hall–Kier alpha value is -1.75. The summed E-state index contributed by atoms with van der Waals surface area (Å²) in [6, 6.07) is 3.99. The van der Waals surface area contributed by atoms with Gasteiger partial charge in [0.25, 0.3) is 6.20 Å². The van der Waals surface area contributed by atoms with E-state index in [1.54, 1.807) is 11.8 Å². The summed E-state index contributed by atoms with van der Waals surface area (Å²) in [5.74, 6) is 3.82. The summed E-state index contributed by atoms with van der Waals surface area (Å²) < 4.78 is 16.7. The Morgan fingerprint density at radius 1 is 1.24 bits per heavy atom. The summed E-state index contributed by atoms with van der Waals surface area (Å²) in [5, 5.41) is 17.0. The van der Waals surface area contributed by atoms with Crippen molar-refractivity contribution in [2.75, 3.05) is 46.2 Å². The second kappa shape index (κ2) is 15.1. The summed E-state index contributed by atoms with van der Waals surface area (Å²) in [7, 11) is 4.00. The van der Waals surface area contributed by atoms with Crippen molar-refractivity contribution in [3.05, 3.63) is 45.8 Å². The lowest BCUT2D eigenvalue weighted by molar-refractivity contribution is -0.404. The molecular formula is C19H34N4O5S. The topological polar surface area (TPSA) is 102 Å². The van der Waals surface area contributed by atoms with Crippen LogP contribution in [0.1, 0.15) is 31.8 Å². The highest BCUT2D eigenvalue weighted by molar-refractivity contribution is 7.98. The zero-order valence-corrected chi connectivity index (χ0v) is 18.6. The van der Waals surface area contributed by atoms with E-state index in [1.807, 2.05) is 40.1 Å². The molecule has 0 bridgehead atoms. The largest absolute Gasteiger partial charge is 0.464 e. The van der Waals surface area contributed by atoms with Gasteiger partial charge in [-0.1, -0.05) is 0 Å². The van der Waals surface area contributed by atoms with Gasteiger partial charge in [0.05, 0.1) is 17.2 Å². The minimum absolute atomic E-state index is 0.310. The van der Waals surface area contributed by atoms with E-state index in [9.17, 15) is 10.1 Å². The normalized spacial score (nSPS) is 12.0. The molecule has 0 spiro atoms. The third-order valence-electron chi connectivity index (χ3n) is 3.63. The number of rotatable bonds is 17. The number of nitrogens with zero attached hydrogens (tertiary/aromatic N) is 2. The van der Waals surface area contributed by atoms with Gasteiger partial charge >= 0.3 is 0 Å². The highest BCUT2D eigenvalue weighted by Crippen LogP contribution is 2.16. The van der Waals surface area contributed by atoms with Crippen molar-refractivity contribution in [3.63, 3.8) is 0 Å². The number of hydrogen-bond acceptors (Lipinski definition) is 9. The number of hydrogen-bond donors (Lipinski definition) is 2. The van der Waals surface area contributed by atoms with Gasteiger partial charge in [0.1, 0.15) is 11.5 Å². The first-order valence-electron chi connectivity index (χ1n) is 9.80. The highest BCUT2D eigenvalue weighted by atomic mass is 32.2. The van der Waals surface area contributed by atoms with Crippen molar-refractivity contribution in [2.45, 2.75) is 38.9 Å². The first-order valence-corrected chi connectivity index (χ1v) is 11.0. The molecule has 0 amide bonds. The van der Waals surface area contributed by atoms with Gasteiger partial charge < -0.3 is 29.4 Å². The number of nitro groups is 1. The molecule has 0 atom stereocenters. The highest BCUT2D eigenvalue weighted by Gasteiger charge is 2.09. The van der Waals surface area contributed by atoms with E-state index in [0.717, 1.165) is 35.8 Å². The van der Waals surface area contributed by atoms with Crippen molar-refractivity contribution >= 4 is 11.8 Å². The van der Waals surface area contributed by atoms with Gasteiger partial charge in [0.2, 0.25) is 0 Å². The van der Waals surface area contributed by atoms with Crippen LogP contribution in [0.25, 0.3) is 0 Å². The summed E-state index contributed by atoms with van der Waals surface area (Å²) in [5.41, 5.74) is 0. The molecule has 0 aliphatic heterocycles. The van der Waals surface area contributed by atoms with Crippen LogP contribution in [-0.4, -0.2) is 62.3 Å². The number of furan rings is 1. The van der Waals surface area contributed by atoms with Crippen molar-refractivity contribution in [1.82, 2.24) is 15.5 Å². The molecule has 10 heteroatoms. The minimum Gasteiger partial charge on any atom is -0.464 e. The molecular weight excluding hydrogens is 396 g/mol. The van der Waals surface area contributed by atoms with Crippen LogP contribution >= 0.6 is 11.8 Å². The van der Waals surface area contributed by atoms with Crippen LogP contribution in [0.4, 0.5) is 0 Å². The van der Waals surface area contributed by atoms with E-state index in [0.29, 0.717) is 38.5 Å². The number of thioether (sulfide) groups is 1. The van der Waals surface area contributed by atoms with Crippen LogP contribution in [0.2, 0.25) is 0 Å². The second-order valence-corrected chi connectivity index (χ2v) is 7.57. The van der Waals surface area contributed by atoms with Gasteiger partial charge in [0, 0.05) is 38.5 Å². The molecule has 0 fully saturated rings. The molecule has 1 aromatic heterocycles.